The number of hydrogen-bond donors (Lipinski definition) is 0. The minimum Gasteiger partial charge on any atom is -0.462 e. The minimum atomic E-state index is -0.382. The van der Waals surface area contributed by atoms with E-state index >= 15 is 0 Å². The molecule has 1 amide bonds. The Morgan fingerprint density at radius 1 is 1.19 bits per heavy atom. The average molecular weight is 353 g/mol. The molecule has 7 heteroatoms. The number of nitrogens with zero attached hydrogens (tertiary/aromatic N) is 3. The van der Waals surface area contributed by atoms with Gasteiger partial charge >= 0.3 is 5.97 Å². The molecule has 0 bridgehead atoms. The molecule has 134 valence electrons. The Hall–Kier alpha value is -3.11. The first-order chi connectivity index (χ1) is 12.6. The predicted molar refractivity (Wildman–Crippen MR) is 93.2 cm³/mol. The van der Waals surface area contributed by atoms with Gasteiger partial charge in [0, 0.05) is 31.2 Å². The smallest absolute Gasteiger partial charge is 0.338 e. The van der Waals surface area contributed by atoms with Crippen LogP contribution in [0.1, 0.15) is 33.2 Å². The number of aromatic nitrogens is 1. The molecule has 0 spiro atoms. The molecular weight excluding hydrogens is 334 g/mol. The van der Waals surface area contributed by atoms with Gasteiger partial charge in [0.05, 0.1) is 36.5 Å². The van der Waals surface area contributed by atoms with Gasteiger partial charge in [0.25, 0.3) is 5.91 Å². The molecule has 1 fully saturated rings. The molecule has 0 radical (unpaired) electrons. The Morgan fingerprint density at radius 2 is 1.88 bits per heavy atom. The van der Waals surface area contributed by atoms with Crippen molar-refractivity contribution in [3.05, 3.63) is 53.3 Å². The number of carbonyl (C=O) groups excluding carboxylic acids is 2. The summed E-state index contributed by atoms with van der Waals surface area (Å²) in [6.45, 7) is 4.11. The molecule has 0 unspecified atom stereocenters. The van der Waals surface area contributed by atoms with Crippen molar-refractivity contribution in [3.63, 3.8) is 0 Å². The van der Waals surface area contributed by atoms with Crippen molar-refractivity contribution in [2.75, 3.05) is 32.9 Å². The van der Waals surface area contributed by atoms with Crippen LogP contribution >= 0.6 is 0 Å². The van der Waals surface area contributed by atoms with Crippen LogP contribution in [0.5, 0.6) is 0 Å². The molecule has 0 N–H and O–H groups in total. The molecule has 0 atom stereocenters. The van der Waals surface area contributed by atoms with E-state index in [9.17, 15) is 14.9 Å². The SMILES string of the molecule is CCOC(=O)c1ccc(-n2cc(C#N)c(C(=O)N3CCOCC3)c2)cc1. The molecular formula is C19H19N3O4. The Balaban J connectivity index is 1.85. The normalized spacial score (nSPS) is 13.9. The molecule has 26 heavy (non-hydrogen) atoms. The van der Waals surface area contributed by atoms with Gasteiger partial charge in [-0.1, -0.05) is 0 Å². The van der Waals surface area contributed by atoms with Crippen LogP contribution in [0.2, 0.25) is 0 Å². The maximum absolute atomic E-state index is 12.7. The second-order valence-corrected chi connectivity index (χ2v) is 5.78. The number of benzene rings is 1. The number of rotatable bonds is 4. The van der Waals surface area contributed by atoms with Gasteiger partial charge < -0.3 is 18.9 Å². The van der Waals surface area contributed by atoms with Gasteiger partial charge in [-0.3, -0.25) is 4.79 Å². The largest absolute Gasteiger partial charge is 0.462 e. The fraction of sp³-hybridized carbons (Fsp3) is 0.316. The summed E-state index contributed by atoms with van der Waals surface area (Å²) in [6, 6.07) is 8.88. The number of hydrogen-bond acceptors (Lipinski definition) is 5. The van der Waals surface area contributed by atoms with Crippen molar-refractivity contribution in [2.45, 2.75) is 6.92 Å². The third kappa shape index (κ3) is 3.60. The van der Waals surface area contributed by atoms with E-state index in [0.717, 1.165) is 5.69 Å². The Morgan fingerprint density at radius 3 is 2.50 bits per heavy atom. The highest BCUT2D eigenvalue weighted by Gasteiger charge is 2.23. The van der Waals surface area contributed by atoms with E-state index in [1.807, 2.05) is 0 Å². The highest BCUT2D eigenvalue weighted by Crippen LogP contribution is 2.19. The number of amides is 1. The monoisotopic (exact) mass is 353 g/mol. The van der Waals surface area contributed by atoms with Crippen LogP contribution in [-0.4, -0.2) is 54.3 Å². The van der Waals surface area contributed by atoms with Crippen LogP contribution in [0.4, 0.5) is 0 Å². The van der Waals surface area contributed by atoms with Crippen molar-refractivity contribution in [1.29, 1.82) is 5.26 Å². The van der Waals surface area contributed by atoms with E-state index in [1.165, 1.54) is 0 Å². The first kappa shape index (κ1) is 17.7. The molecule has 7 nitrogen and oxygen atoms in total. The molecule has 1 aromatic carbocycles. The van der Waals surface area contributed by atoms with Gasteiger partial charge in [-0.15, -0.1) is 0 Å². The highest BCUT2D eigenvalue weighted by molar-refractivity contribution is 5.96. The second-order valence-electron chi connectivity index (χ2n) is 5.78. The average Bonchev–Trinajstić information content (AvgIpc) is 3.13. The van der Waals surface area contributed by atoms with Crippen LogP contribution in [0.3, 0.4) is 0 Å². The maximum atomic E-state index is 12.7. The summed E-state index contributed by atoms with van der Waals surface area (Å²) in [7, 11) is 0. The van der Waals surface area contributed by atoms with E-state index in [4.69, 9.17) is 9.47 Å². The van der Waals surface area contributed by atoms with Gasteiger partial charge in [-0.2, -0.15) is 5.26 Å². The van der Waals surface area contributed by atoms with Crippen molar-refractivity contribution in [2.24, 2.45) is 0 Å². The summed E-state index contributed by atoms with van der Waals surface area (Å²) in [6.07, 6.45) is 3.27. The van der Waals surface area contributed by atoms with Crippen molar-refractivity contribution in [3.8, 4) is 11.8 Å². The van der Waals surface area contributed by atoms with E-state index in [2.05, 4.69) is 6.07 Å². The van der Waals surface area contributed by atoms with Crippen molar-refractivity contribution >= 4 is 11.9 Å². The number of ether oxygens (including phenoxy) is 2. The number of carbonyl (C=O) groups is 2. The molecule has 1 aromatic heterocycles. The lowest BCUT2D eigenvalue weighted by Gasteiger charge is -2.26. The molecule has 1 saturated heterocycles. The predicted octanol–water partition coefficient (Wildman–Crippen LogP) is 2.00. The first-order valence-electron chi connectivity index (χ1n) is 8.40. The van der Waals surface area contributed by atoms with E-state index < -0.39 is 0 Å². The molecule has 1 aliphatic rings. The summed E-state index contributed by atoms with van der Waals surface area (Å²) in [4.78, 5) is 26.1. The summed E-state index contributed by atoms with van der Waals surface area (Å²) in [5.74, 6) is -0.556. The highest BCUT2D eigenvalue weighted by atomic mass is 16.5. The third-order valence-corrected chi connectivity index (χ3v) is 4.15. The molecule has 0 saturated carbocycles. The zero-order valence-corrected chi connectivity index (χ0v) is 14.5. The van der Waals surface area contributed by atoms with Crippen LogP contribution in [0.15, 0.2) is 36.7 Å². The summed E-state index contributed by atoms with van der Waals surface area (Å²) in [5, 5.41) is 9.38. The van der Waals surface area contributed by atoms with Crippen LogP contribution in [0, 0.1) is 11.3 Å². The Bertz CT molecular complexity index is 843. The molecule has 3 rings (SSSR count). The lowest BCUT2D eigenvalue weighted by Crippen LogP contribution is -2.40. The van der Waals surface area contributed by atoms with Crippen LogP contribution < -0.4 is 0 Å². The standard InChI is InChI=1S/C19H19N3O4/c1-2-26-19(24)14-3-5-16(6-4-14)22-12-15(11-20)17(13-22)18(23)21-7-9-25-10-8-21/h3-6,12-13H,2,7-10H2,1H3. The Kier molecular flexibility index (Phi) is 5.34. The molecule has 2 aromatic rings. The summed E-state index contributed by atoms with van der Waals surface area (Å²) < 4.78 is 11.9. The van der Waals surface area contributed by atoms with E-state index in [0.29, 0.717) is 49.6 Å². The fourth-order valence-electron chi connectivity index (χ4n) is 2.78. The maximum Gasteiger partial charge on any atom is 0.338 e. The third-order valence-electron chi connectivity index (χ3n) is 4.15. The minimum absolute atomic E-state index is 0.174. The van der Waals surface area contributed by atoms with Crippen molar-refractivity contribution in [1.82, 2.24) is 9.47 Å². The van der Waals surface area contributed by atoms with Crippen molar-refractivity contribution < 1.29 is 19.1 Å². The van der Waals surface area contributed by atoms with Crippen LogP contribution in [0.25, 0.3) is 5.69 Å². The van der Waals surface area contributed by atoms with Gasteiger partial charge in [0.1, 0.15) is 6.07 Å². The van der Waals surface area contributed by atoms with E-state index in [-0.39, 0.29) is 11.9 Å². The zero-order chi connectivity index (χ0) is 18.5. The summed E-state index contributed by atoms with van der Waals surface area (Å²) >= 11 is 0. The number of nitriles is 1. The van der Waals surface area contributed by atoms with E-state index in [1.54, 1.807) is 53.0 Å². The first-order valence-corrected chi connectivity index (χ1v) is 8.40. The summed E-state index contributed by atoms with van der Waals surface area (Å²) in [5.41, 5.74) is 1.88. The fourth-order valence-corrected chi connectivity index (χ4v) is 2.78. The number of morpholine rings is 1. The lowest BCUT2D eigenvalue weighted by atomic mass is 10.2. The lowest BCUT2D eigenvalue weighted by molar-refractivity contribution is 0.0302. The number of esters is 1. The second kappa shape index (κ2) is 7.85. The van der Waals surface area contributed by atoms with Crippen LogP contribution in [-0.2, 0) is 9.47 Å². The van der Waals surface area contributed by atoms with Gasteiger partial charge in [0.15, 0.2) is 0 Å². The Labute approximate surface area is 151 Å². The quantitative estimate of drug-likeness (QED) is 0.785. The van der Waals surface area contributed by atoms with Gasteiger partial charge in [0.2, 0.25) is 0 Å². The molecule has 2 heterocycles. The van der Waals surface area contributed by atoms with Gasteiger partial charge in [-0.25, -0.2) is 4.79 Å². The zero-order valence-electron chi connectivity index (χ0n) is 14.5. The topological polar surface area (TPSA) is 84.6 Å². The molecule has 1 aliphatic heterocycles. The molecule has 0 aliphatic carbocycles. The van der Waals surface area contributed by atoms with Gasteiger partial charge in [-0.05, 0) is 31.2 Å².